The largest absolute Gasteiger partial charge is 0.495 e. The molecule has 0 aliphatic rings. The van der Waals surface area contributed by atoms with Crippen molar-refractivity contribution in [3.05, 3.63) is 63.4 Å². The zero-order valence-corrected chi connectivity index (χ0v) is 12.2. The van der Waals surface area contributed by atoms with Crippen LogP contribution in [0.3, 0.4) is 0 Å². The zero-order valence-electron chi connectivity index (χ0n) is 10.7. The van der Waals surface area contributed by atoms with E-state index in [1.54, 1.807) is 24.3 Å². The van der Waals surface area contributed by atoms with Gasteiger partial charge in [-0.1, -0.05) is 35.3 Å². The number of hydrogen-bond acceptors (Lipinski definition) is 3. The van der Waals surface area contributed by atoms with Crippen LogP contribution in [0.4, 0.5) is 4.39 Å². The highest BCUT2D eigenvalue weighted by Crippen LogP contribution is 2.33. The standard InChI is InChI=1S/C14H13Cl2FN2O/c1-20-12-7-8(5-6-9(12)15)14(19-18)13-10(16)3-2-4-11(13)17/h2-7,14,19H,18H2,1H3. The molecule has 0 aromatic heterocycles. The molecule has 2 aromatic carbocycles. The zero-order chi connectivity index (χ0) is 14.7. The molecule has 0 fully saturated rings. The maximum atomic E-state index is 14.0. The molecule has 106 valence electrons. The molecule has 0 spiro atoms. The average molecular weight is 315 g/mol. The monoisotopic (exact) mass is 314 g/mol. The Balaban J connectivity index is 2.53. The third-order valence-electron chi connectivity index (χ3n) is 2.96. The summed E-state index contributed by atoms with van der Waals surface area (Å²) in [5, 5.41) is 0.758. The van der Waals surface area contributed by atoms with E-state index in [0.29, 0.717) is 21.4 Å². The lowest BCUT2D eigenvalue weighted by atomic mass is 9.98. The van der Waals surface area contributed by atoms with E-state index < -0.39 is 11.9 Å². The number of methoxy groups -OCH3 is 1. The molecule has 0 heterocycles. The van der Waals surface area contributed by atoms with Gasteiger partial charge in [-0.2, -0.15) is 0 Å². The topological polar surface area (TPSA) is 47.3 Å². The van der Waals surface area contributed by atoms with Crippen molar-refractivity contribution in [3.63, 3.8) is 0 Å². The second-order valence-corrected chi connectivity index (χ2v) is 4.94. The summed E-state index contributed by atoms with van der Waals surface area (Å²) in [6.07, 6.45) is 0. The van der Waals surface area contributed by atoms with Gasteiger partial charge in [-0.25, -0.2) is 9.82 Å². The highest BCUT2D eigenvalue weighted by molar-refractivity contribution is 6.32. The molecule has 6 heteroatoms. The highest BCUT2D eigenvalue weighted by Gasteiger charge is 2.20. The van der Waals surface area contributed by atoms with Crippen molar-refractivity contribution in [3.8, 4) is 5.75 Å². The van der Waals surface area contributed by atoms with Crippen LogP contribution in [0.15, 0.2) is 36.4 Å². The Hall–Kier alpha value is -1.33. The molecule has 0 radical (unpaired) electrons. The second-order valence-electron chi connectivity index (χ2n) is 4.13. The molecule has 0 saturated carbocycles. The normalized spacial score (nSPS) is 12.2. The summed E-state index contributed by atoms with van der Waals surface area (Å²) in [7, 11) is 1.51. The first-order valence-corrected chi connectivity index (χ1v) is 6.57. The summed E-state index contributed by atoms with van der Waals surface area (Å²) < 4.78 is 19.1. The Morgan fingerprint density at radius 3 is 2.55 bits per heavy atom. The van der Waals surface area contributed by atoms with Crippen LogP contribution in [0, 0.1) is 5.82 Å². The molecule has 20 heavy (non-hydrogen) atoms. The Morgan fingerprint density at radius 2 is 1.95 bits per heavy atom. The van der Waals surface area contributed by atoms with Gasteiger partial charge in [0.2, 0.25) is 0 Å². The van der Waals surface area contributed by atoms with Crippen molar-refractivity contribution in [1.82, 2.24) is 5.43 Å². The van der Waals surface area contributed by atoms with Crippen molar-refractivity contribution < 1.29 is 9.13 Å². The lowest BCUT2D eigenvalue weighted by molar-refractivity contribution is 0.413. The Morgan fingerprint density at radius 1 is 1.20 bits per heavy atom. The summed E-state index contributed by atoms with van der Waals surface area (Å²) >= 11 is 12.0. The van der Waals surface area contributed by atoms with E-state index in [2.05, 4.69) is 5.43 Å². The van der Waals surface area contributed by atoms with Crippen molar-refractivity contribution in [1.29, 1.82) is 0 Å². The highest BCUT2D eigenvalue weighted by atomic mass is 35.5. The minimum absolute atomic E-state index is 0.279. The van der Waals surface area contributed by atoms with Crippen LogP contribution >= 0.6 is 23.2 Å². The fourth-order valence-electron chi connectivity index (χ4n) is 1.99. The molecule has 1 unspecified atom stereocenters. The van der Waals surface area contributed by atoms with Gasteiger partial charge >= 0.3 is 0 Å². The molecule has 0 aliphatic carbocycles. The van der Waals surface area contributed by atoms with Gasteiger partial charge in [-0.3, -0.25) is 5.84 Å². The minimum Gasteiger partial charge on any atom is -0.495 e. The number of hydrazine groups is 1. The van der Waals surface area contributed by atoms with Gasteiger partial charge in [-0.15, -0.1) is 0 Å². The molecule has 0 bridgehead atoms. The quantitative estimate of drug-likeness (QED) is 0.668. The van der Waals surface area contributed by atoms with Gasteiger partial charge in [0.15, 0.2) is 0 Å². The molecule has 0 saturated heterocycles. The molecular formula is C14H13Cl2FN2O. The maximum Gasteiger partial charge on any atom is 0.137 e. The molecule has 2 rings (SSSR count). The van der Waals surface area contributed by atoms with E-state index in [1.165, 1.54) is 19.2 Å². The number of nitrogens with two attached hydrogens (primary N) is 1. The summed E-state index contributed by atoms with van der Waals surface area (Å²) in [5.41, 5.74) is 3.54. The van der Waals surface area contributed by atoms with Crippen LogP contribution < -0.4 is 16.0 Å². The molecule has 1 atom stereocenters. The number of rotatable bonds is 4. The maximum absolute atomic E-state index is 14.0. The molecule has 0 aliphatic heterocycles. The van der Waals surface area contributed by atoms with Crippen molar-refractivity contribution in [2.75, 3.05) is 7.11 Å². The number of hydrogen-bond donors (Lipinski definition) is 2. The van der Waals surface area contributed by atoms with Gasteiger partial charge < -0.3 is 4.74 Å². The summed E-state index contributed by atoms with van der Waals surface area (Å²) in [6, 6.07) is 8.96. The number of ether oxygens (including phenoxy) is 1. The predicted molar refractivity (Wildman–Crippen MR) is 78.6 cm³/mol. The number of benzene rings is 2. The Labute approximate surface area is 126 Å². The van der Waals surface area contributed by atoms with Gasteiger partial charge in [0.25, 0.3) is 0 Å². The van der Waals surface area contributed by atoms with E-state index >= 15 is 0 Å². The van der Waals surface area contributed by atoms with Crippen LogP contribution in [0.5, 0.6) is 5.75 Å². The lowest BCUT2D eigenvalue weighted by Crippen LogP contribution is -2.29. The van der Waals surface area contributed by atoms with Crippen LogP contribution in [-0.4, -0.2) is 7.11 Å². The lowest BCUT2D eigenvalue weighted by Gasteiger charge is -2.19. The summed E-state index contributed by atoms with van der Waals surface area (Å²) in [4.78, 5) is 0. The molecule has 0 amide bonds. The van der Waals surface area contributed by atoms with Crippen molar-refractivity contribution >= 4 is 23.2 Å². The third kappa shape index (κ3) is 2.88. The van der Waals surface area contributed by atoms with Crippen molar-refractivity contribution in [2.24, 2.45) is 5.84 Å². The van der Waals surface area contributed by atoms with Gasteiger partial charge in [0, 0.05) is 10.6 Å². The van der Waals surface area contributed by atoms with Crippen molar-refractivity contribution in [2.45, 2.75) is 6.04 Å². The number of halogens is 3. The van der Waals surface area contributed by atoms with Crippen LogP contribution in [0.2, 0.25) is 10.0 Å². The van der Waals surface area contributed by atoms with Gasteiger partial charge in [-0.05, 0) is 29.8 Å². The first-order chi connectivity index (χ1) is 9.58. The van der Waals surface area contributed by atoms with Crippen LogP contribution in [0.1, 0.15) is 17.2 Å². The predicted octanol–water partition coefficient (Wildman–Crippen LogP) is 3.69. The van der Waals surface area contributed by atoms with Gasteiger partial charge in [0.05, 0.1) is 18.2 Å². The summed E-state index contributed by atoms with van der Waals surface area (Å²) in [5.74, 6) is 5.60. The van der Waals surface area contributed by atoms with E-state index in [-0.39, 0.29) is 5.56 Å². The second kappa shape index (κ2) is 6.41. The van der Waals surface area contributed by atoms with E-state index in [0.717, 1.165) is 0 Å². The van der Waals surface area contributed by atoms with E-state index in [4.69, 9.17) is 33.8 Å². The van der Waals surface area contributed by atoms with Crippen LogP contribution in [-0.2, 0) is 0 Å². The molecule has 3 nitrogen and oxygen atoms in total. The molecule has 3 N–H and O–H groups in total. The number of nitrogens with one attached hydrogen (secondary N) is 1. The fraction of sp³-hybridized carbons (Fsp3) is 0.143. The third-order valence-corrected chi connectivity index (χ3v) is 3.61. The van der Waals surface area contributed by atoms with E-state index in [1.807, 2.05) is 0 Å². The molecular weight excluding hydrogens is 302 g/mol. The molecule has 2 aromatic rings. The smallest absolute Gasteiger partial charge is 0.137 e. The Kier molecular flexibility index (Phi) is 4.83. The van der Waals surface area contributed by atoms with Crippen LogP contribution in [0.25, 0.3) is 0 Å². The first-order valence-electron chi connectivity index (χ1n) is 5.82. The first kappa shape index (κ1) is 15.1. The SMILES string of the molecule is COc1cc(C(NN)c2c(F)cccc2Cl)ccc1Cl. The average Bonchev–Trinajstić information content (AvgIpc) is 2.44. The minimum atomic E-state index is -0.602. The van der Waals surface area contributed by atoms with E-state index in [9.17, 15) is 4.39 Å². The van der Waals surface area contributed by atoms with Gasteiger partial charge in [0.1, 0.15) is 11.6 Å². The summed E-state index contributed by atoms with van der Waals surface area (Å²) in [6.45, 7) is 0. The fourth-order valence-corrected chi connectivity index (χ4v) is 2.46. The Bertz CT molecular complexity index is 602.